The number of rotatable bonds is 18. The van der Waals surface area contributed by atoms with Gasteiger partial charge >= 0.3 is 0 Å². The van der Waals surface area contributed by atoms with E-state index >= 15 is 0 Å². The Morgan fingerprint density at radius 3 is 2.65 bits per heavy atom. The lowest BCUT2D eigenvalue weighted by Crippen LogP contribution is -2.39. The zero-order valence-corrected chi connectivity index (χ0v) is 22.3. The van der Waals surface area contributed by atoms with Crippen molar-refractivity contribution in [2.75, 3.05) is 26.4 Å². The molecule has 198 valence electrons. The maximum Gasteiger partial charge on any atom is 0.221 e. The Kier molecular flexibility index (Phi) is 16.8. The highest BCUT2D eigenvalue weighted by molar-refractivity contribution is 7.99. The van der Waals surface area contributed by atoms with Crippen LogP contribution in [-0.2, 0) is 4.79 Å². The molecule has 1 unspecified atom stereocenters. The molecule has 1 aliphatic carbocycles. The van der Waals surface area contributed by atoms with Gasteiger partial charge in [-0.1, -0.05) is 50.5 Å². The van der Waals surface area contributed by atoms with Gasteiger partial charge in [-0.25, -0.2) is 0 Å². The first-order valence-corrected chi connectivity index (χ1v) is 14.0. The molecule has 1 amide bonds. The van der Waals surface area contributed by atoms with E-state index in [2.05, 4.69) is 17.1 Å². The van der Waals surface area contributed by atoms with Crippen molar-refractivity contribution < 1.29 is 20.1 Å². The fraction of sp³-hybridized carbons (Fsp3) is 0.808. The Labute approximate surface area is 211 Å². The first-order valence-electron chi connectivity index (χ1n) is 12.9. The molecule has 0 bridgehead atoms. The van der Waals surface area contributed by atoms with Crippen LogP contribution in [0.2, 0.25) is 0 Å². The van der Waals surface area contributed by atoms with Crippen LogP contribution < -0.4 is 11.1 Å². The molecule has 1 fully saturated rings. The number of carbonyl (C=O) groups excluding carboxylic acids is 1. The first kappa shape index (κ1) is 31.1. The van der Waals surface area contributed by atoms with Gasteiger partial charge in [0.2, 0.25) is 5.91 Å². The lowest BCUT2D eigenvalue weighted by Gasteiger charge is -2.19. The molecule has 1 rings (SSSR count). The van der Waals surface area contributed by atoms with Crippen molar-refractivity contribution in [3.63, 3.8) is 0 Å². The molecule has 0 aromatic carbocycles. The fourth-order valence-electron chi connectivity index (χ4n) is 4.28. The van der Waals surface area contributed by atoms with E-state index in [1.165, 1.54) is 0 Å². The predicted octanol–water partition coefficient (Wildman–Crippen LogP) is 3.00. The normalized spacial score (nSPS) is 24.9. The van der Waals surface area contributed by atoms with Gasteiger partial charge in [0.15, 0.2) is 0 Å². The number of amides is 1. The number of nitrogens with two attached hydrogens (primary N) is 1. The second kappa shape index (κ2) is 18.4. The summed E-state index contributed by atoms with van der Waals surface area (Å²) < 4.78 is 0. The molecule has 8 heteroatoms. The van der Waals surface area contributed by atoms with Crippen molar-refractivity contribution in [3.8, 4) is 0 Å². The molecule has 0 radical (unpaired) electrons. The molecular formula is C26H49N3O4S. The van der Waals surface area contributed by atoms with E-state index in [4.69, 9.17) is 5.73 Å². The zero-order valence-electron chi connectivity index (χ0n) is 21.4. The number of aliphatic hydroxyl groups excluding tert-OH is 3. The molecule has 34 heavy (non-hydrogen) atoms. The predicted molar refractivity (Wildman–Crippen MR) is 142 cm³/mol. The van der Waals surface area contributed by atoms with E-state index in [0.717, 1.165) is 57.2 Å². The number of allylic oxidation sites excluding steroid dienone is 2. The number of carbonyl (C=O) groups is 1. The van der Waals surface area contributed by atoms with Crippen molar-refractivity contribution in [1.82, 2.24) is 10.2 Å². The van der Waals surface area contributed by atoms with Gasteiger partial charge in [-0.15, -0.1) is 11.8 Å². The Morgan fingerprint density at radius 1 is 1.18 bits per heavy atom. The average molecular weight is 500 g/mol. The van der Waals surface area contributed by atoms with Gasteiger partial charge in [0.25, 0.3) is 0 Å². The number of aliphatic hydroxyl groups is 3. The summed E-state index contributed by atoms with van der Waals surface area (Å²) in [6.07, 6.45) is 14.1. The molecular weight excluding hydrogens is 450 g/mol. The highest BCUT2D eigenvalue weighted by Gasteiger charge is 2.39. The number of nitrogens with zero attached hydrogens (tertiary/aromatic N) is 1. The van der Waals surface area contributed by atoms with Gasteiger partial charge in [0.1, 0.15) is 5.50 Å². The minimum atomic E-state index is -0.582. The van der Waals surface area contributed by atoms with E-state index in [0.29, 0.717) is 19.3 Å². The lowest BCUT2D eigenvalue weighted by molar-refractivity contribution is -0.121. The van der Waals surface area contributed by atoms with Crippen LogP contribution in [-0.4, -0.2) is 76.3 Å². The quantitative estimate of drug-likeness (QED) is 0.112. The zero-order chi connectivity index (χ0) is 25.3. The molecule has 0 heterocycles. The fourth-order valence-corrected chi connectivity index (χ4v) is 5.04. The summed E-state index contributed by atoms with van der Waals surface area (Å²) in [7, 11) is 4.08. The van der Waals surface area contributed by atoms with Crippen molar-refractivity contribution in [1.29, 1.82) is 0 Å². The number of hydrogen-bond donors (Lipinski definition) is 5. The molecule has 0 aromatic rings. The monoisotopic (exact) mass is 499 g/mol. The second-order valence-electron chi connectivity index (χ2n) is 9.67. The Balaban J connectivity index is 2.29. The van der Waals surface area contributed by atoms with E-state index < -0.39 is 18.3 Å². The van der Waals surface area contributed by atoms with Crippen molar-refractivity contribution in [2.45, 2.75) is 94.9 Å². The SMILES string of the molecule is CCCCC[C@H](O)C=C[C@@H]1[C@@H](CC=CCCCC(=O)NC(N)SCCCN(C)C)[C@@H](O)C[C@H]1O. The van der Waals surface area contributed by atoms with E-state index in [1.54, 1.807) is 17.8 Å². The molecule has 0 aromatic heterocycles. The Bertz CT molecular complexity index is 603. The summed E-state index contributed by atoms with van der Waals surface area (Å²) in [5, 5.41) is 33.7. The van der Waals surface area contributed by atoms with E-state index in [1.807, 2.05) is 32.3 Å². The topological polar surface area (TPSA) is 119 Å². The average Bonchev–Trinajstić information content (AvgIpc) is 3.04. The minimum Gasteiger partial charge on any atom is -0.393 e. The van der Waals surface area contributed by atoms with Crippen LogP contribution in [0.5, 0.6) is 0 Å². The largest absolute Gasteiger partial charge is 0.393 e. The van der Waals surface area contributed by atoms with Gasteiger partial charge in [0, 0.05) is 18.8 Å². The van der Waals surface area contributed by atoms with Gasteiger partial charge in [-0.2, -0.15) is 0 Å². The second-order valence-corrected chi connectivity index (χ2v) is 10.9. The Morgan fingerprint density at radius 2 is 1.94 bits per heavy atom. The third kappa shape index (κ3) is 13.9. The maximum absolute atomic E-state index is 12.0. The third-order valence-electron chi connectivity index (χ3n) is 6.27. The van der Waals surface area contributed by atoms with Crippen molar-refractivity contribution in [2.24, 2.45) is 17.6 Å². The van der Waals surface area contributed by atoms with Crippen LogP contribution in [0.4, 0.5) is 0 Å². The Hall–Kier alpha value is -0.900. The molecule has 6 N–H and O–H groups in total. The molecule has 7 nitrogen and oxygen atoms in total. The number of thioether (sulfide) groups is 1. The summed E-state index contributed by atoms with van der Waals surface area (Å²) >= 11 is 1.56. The van der Waals surface area contributed by atoms with Crippen molar-refractivity contribution in [3.05, 3.63) is 24.3 Å². The summed E-state index contributed by atoms with van der Waals surface area (Å²) in [4.78, 5) is 14.2. The molecule has 1 aliphatic rings. The number of nitrogens with one attached hydrogen (secondary N) is 1. The van der Waals surface area contributed by atoms with Crippen LogP contribution in [0, 0.1) is 11.8 Å². The van der Waals surface area contributed by atoms with E-state index in [-0.39, 0.29) is 23.2 Å². The van der Waals surface area contributed by atoms with Gasteiger partial charge in [-0.3, -0.25) is 4.79 Å². The van der Waals surface area contributed by atoms with Crippen LogP contribution in [0.15, 0.2) is 24.3 Å². The van der Waals surface area contributed by atoms with Gasteiger partial charge < -0.3 is 31.3 Å². The smallest absolute Gasteiger partial charge is 0.221 e. The van der Waals surface area contributed by atoms with Crippen LogP contribution >= 0.6 is 11.8 Å². The maximum atomic E-state index is 12.0. The summed E-state index contributed by atoms with van der Waals surface area (Å²) in [5.41, 5.74) is 5.60. The van der Waals surface area contributed by atoms with Crippen LogP contribution in [0.25, 0.3) is 0 Å². The standard InChI is InChI=1S/C26H49N3O4S/c1-4-5-8-12-20(30)15-16-22-21(23(31)19-24(22)32)13-9-6-7-10-14-25(33)28-26(27)34-18-11-17-29(2)3/h6,9,15-16,20-24,26,30-32H,4-5,7-8,10-14,17-19,27H2,1-3H3,(H,28,33)/t20-,21+,22+,23-,24+,26?/m0/s1. The highest BCUT2D eigenvalue weighted by Crippen LogP contribution is 2.36. The highest BCUT2D eigenvalue weighted by atomic mass is 32.2. The van der Waals surface area contributed by atoms with Crippen molar-refractivity contribution >= 4 is 17.7 Å². The van der Waals surface area contributed by atoms with E-state index in [9.17, 15) is 20.1 Å². The number of unbranched alkanes of at least 4 members (excludes halogenated alkanes) is 3. The molecule has 1 saturated carbocycles. The van der Waals surface area contributed by atoms with Crippen LogP contribution in [0.3, 0.4) is 0 Å². The van der Waals surface area contributed by atoms with Gasteiger partial charge in [0.05, 0.1) is 18.3 Å². The summed E-state index contributed by atoms with van der Waals surface area (Å²) in [6, 6.07) is 0. The minimum absolute atomic E-state index is 0.0296. The summed E-state index contributed by atoms with van der Waals surface area (Å²) in [6.45, 7) is 3.14. The molecule has 0 saturated heterocycles. The lowest BCUT2D eigenvalue weighted by atomic mass is 9.89. The number of hydrogen-bond acceptors (Lipinski definition) is 7. The van der Waals surface area contributed by atoms with Gasteiger partial charge in [-0.05, 0) is 64.4 Å². The third-order valence-corrected chi connectivity index (χ3v) is 7.28. The molecule has 6 atom stereocenters. The summed E-state index contributed by atoms with van der Waals surface area (Å²) in [5.74, 6) is 0.676. The van der Waals surface area contributed by atoms with Crippen LogP contribution in [0.1, 0.15) is 71.1 Å². The first-order chi connectivity index (χ1) is 16.2. The molecule has 0 spiro atoms. The molecule has 0 aliphatic heterocycles.